The molecular formula is C18H21NO3. The zero-order valence-electron chi connectivity index (χ0n) is 12.9. The Morgan fingerprint density at radius 1 is 1.23 bits per heavy atom. The SMILES string of the molecule is COc1ccc(C(=O)NC(CCO)c2ccccc2)c(C)c1. The van der Waals surface area contributed by atoms with Gasteiger partial charge in [0.05, 0.1) is 13.2 Å². The molecular weight excluding hydrogens is 278 g/mol. The van der Waals surface area contributed by atoms with Gasteiger partial charge in [-0.1, -0.05) is 30.3 Å². The van der Waals surface area contributed by atoms with E-state index < -0.39 is 0 Å². The highest BCUT2D eigenvalue weighted by Gasteiger charge is 2.16. The Morgan fingerprint density at radius 3 is 2.55 bits per heavy atom. The van der Waals surface area contributed by atoms with Crippen LogP contribution >= 0.6 is 0 Å². The number of carbonyl (C=O) groups is 1. The van der Waals surface area contributed by atoms with Crippen LogP contribution in [0.1, 0.15) is 33.9 Å². The van der Waals surface area contributed by atoms with Gasteiger partial charge in [-0.3, -0.25) is 4.79 Å². The molecule has 0 aliphatic heterocycles. The van der Waals surface area contributed by atoms with Gasteiger partial charge in [-0.2, -0.15) is 0 Å². The molecule has 2 rings (SSSR count). The number of hydrogen-bond acceptors (Lipinski definition) is 3. The monoisotopic (exact) mass is 299 g/mol. The molecule has 0 spiro atoms. The fourth-order valence-electron chi connectivity index (χ4n) is 2.39. The highest BCUT2D eigenvalue weighted by atomic mass is 16.5. The van der Waals surface area contributed by atoms with Crippen molar-refractivity contribution in [3.8, 4) is 5.75 Å². The third-order valence-electron chi connectivity index (χ3n) is 3.60. The molecule has 0 radical (unpaired) electrons. The van der Waals surface area contributed by atoms with Crippen molar-refractivity contribution in [1.29, 1.82) is 0 Å². The minimum absolute atomic E-state index is 0.0153. The summed E-state index contributed by atoms with van der Waals surface area (Å²) in [5, 5.41) is 12.2. The Kier molecular flexibility index (Phi) is 5.55. The van der Waals surface area contributed by atoms with E-state index >= 15 is 0 Å². The maximum atomic E-state index is 12.5. The largest absolute Gasteiger partial charge is 0.497 e. The topological polar surface area (TPSA) is 58.6 Å². The highest BCUT2D eigenvalue weighted by Crippen LogP contribution is 2.20. The van der Waals surface area contributed by atoms with Crippen molar-refractivity contribution in [1.82, 2.24) is 5.32 Å². The van der Waals surface area contributed by atoms with Gasteiger partial charge in [-0.15, -0.1) is 0 Å². The molecule has 0 heterocycles. The second kappa shape index (κ2) is 7.61. The van der Waals surface area contributed by atoms with Gasteiger partial charge in [-0.05, 0) is 42.7 Å². The zero-order chi connectivity index (χ0) is 15.9. The Morgan fingerprint density at radius 2 is 1.95 bits per heavy atom. The molecule has 2 aromatic carbocycles. The quantitative estimate of drug-likeness (QED) is 0.862. The van der Waals surface area contributed by atoms with Crippen LogP contribution in [0.4, 0.5) is 0 Å². The minimum atomic E-state index is -0.208. The first-order valence-electron chi connectivity index (χ1n) is 7.27. The molecule has 1 atom stereocenters. The normalized spacial score (nSPS) is 11.8. The van der Waals surface area contributed by atoms with Crippen LogP contribution in [0.3, 0.4) is 0 Å². The first-order valence-corrected chi connectivity index (χ1v) is 7.27. The van der Waals surface area contributed by atoms with Crippen molar-refractivity contribution in [3.05, 3.63) is 65.2 Å². The zero-order valence-corrected chi connectivity index (χ0v) is 12.9. The molecule has 2 N–H and O–H groups in total. The van der Waals surface area contributed by atoms with Crippen LogP contribution in [0.25, 0.3) is 0 Å². The van der Waals surface area contributed by atoms with Gasteiger partial charge in [0.15, 0.2) is 0 Å². The van der Waals surface area contributed by atoms with Gasteiger partial charge in [0.1, 0.15) is 5.75 Å². The second-order valence-electron chi connectivity index (χ2n) is 5.13. The van der Waals surface area contributed by atoms with Crippen molar-refractivity contribution in [2.45, 2.75) is 19.4 Å². The molecule has 2 aromatic rings. The van der Waals surface area contributed by atoms with Gasteiger partial charge in [0, 0.05) is 12.2 Å². The molecule has 1 amide bonds. The van der Waals surface area contributed by atoms with Crippen molar-refractivity contribution in [2.24, 2.45) is 0 Å². The van der Waals surface area contributed by atoms with Gasteiger partial charge in [0.25, 0.3) is 5.91 Å². The molecule has 0 aliphatic carbocycles. The van der Waals surface area contributed by atoms with Crippen LogP contribution in [0.5, 0.6) is 5.75 Å². The third kappa shape index (κ3) is 3.86. The fourth-order valence-corrected chi connectivity index (χ4v) is 2.39. The van der Waals surface area contributed by atoms with E-state index in [9.17, 15) is 9.90 Å². The number of benzene rings is 2. The average Bonchev–Trinajstić information content (AvgIpc) is 2.55. The van der Waals surface area contributed by atoms with Gasteiger partial charge in [0.2, 0.25) is 0 Å². The van der Waals surface area contributed by atoms with Crippen molar-refractivity contribution >= 4 is 5.91 Å². The Hall–Kier alpha value is -2.33. The lowest BCUT2D eigenvalue weighted by Crippen LogP contribution is -2.29. The number of aliphatic hydroxyl groups is 1. The van der Waals surface area contributed by atoms with Crippen molar-refractivity contribution in [2.75, 3.05) is 13.7 Å². The van der Waals surface area contributed by atoms with Crippen LogP contribution in [0.2, 0.25) is 0 Å². The van der Waals surface area contributed by atoms with Crippen LogP contribution in [-0.4, -0.2) is 24.7 Å². The summed E-state index contributed by atoms with van der Waals surface area (Å²) in [6, 6.07) is 14.8. The minimum Gasteiger partial charge on any atom is -0.497 e. The van der Waals surface area contributed by atoms with E-state index in [0.29, 0.717) is 12.0 Å². The summed E-state index contributed by atoms with van der Waals surface area (Å²) in [7, 11) is 1.60. The number of aryl methyl sites for hydroxylation is 1. The molecule has 0 saturated heterocycles. The predicted octanol–water partition coefficient (Wildman–Crippen LogP) is 2.86. The second-order valence-corrected chi connectivity index (χ2v) is 5.13. The molecule has 0 saturated carbocycles. The Balaban J connectivity index is 2.18. The van der Waals surface area contributed by atoms with Crippen molar-refractivity contribution in [3.63, 3.8) is 0 Å². The van der Waals surface area contributed by atoms with Gasteiger partial charge >= 0.3 is 0 Å². The summed E-state index contributed by atoms with van der Waals surface area (Å²) in [5.74, 6) is 0.575. The van der Waals surface area contributed by atoms with E-state index in [1.165, 1.54) is 0 Å². The maximum Gasteiger partial charge on any atom is 0.252 e. The number of amides is 1. The number of ether oxygens (including phenoxy) is 1. The molecule has 116 valence electrons. The predicted molar refractivity (Wildman–Crippen MR) is 86.1 cm³/mol. The van der Waals surface area contributed by atoms with E-state index in [0.717, 1.165) is 16.9 Å². The summed E-state index contributed by atoms with van der Waals surface area (Å²) in [6.45, 7) is 1.89. The maximum absolute atomic E-state index is 12.5. The Labute approximate surface area is 130 Å². The summed E-state index contributed by atoms with van der Waals surface area (Å²) in [4.78, 5) is 12.5. The van der Waals surface area contributed by atoms with Crippen LogP contribution < -0.4 is 10.1 Å². The highest BCUT2D eigenvalue weighted by molar-refractivity contribution is 5.96. The molecule has 22 heavy (non-hydrogen) atoms. The number of nitrogens with one attached hydrogen (secondary N) is 1. The molecule has 4 nitrogen and oxygen atoms in total. The first kappa shape index (κ1) is 16.0. The number of methoxy groups -OCH3 is 1. The fraction of sp³-hybridized carbons (Fsp3) is 0.278. The lowest BCUT2D eigenvalue weighted by atomic mass is 10.0. The molecule has 0 aromatic heterocycles. The molecule has 0 bridgehead atoms. The molecule has 1 unspecified atom stereocenters. The van der Waals surface area contributed by atoms with Gasteiger partial charge < -0.3 is 15.2 Å². The molecule has 0 aliphatic rings. The first-order chi connectivity index (χ1) is 10.7. The van der Waals surface area contributed by atoms with E-state index in [2.05, 4.69) is 5.32 Å². The van der Waals surface area contributed by atoms with Crippen LogP contribution in [-0.2, 0) is 0 Å². The van der Waals surface area contributed by atoms with Gasteiger partial charge in [-0.25, -0.2) is 0 Å². The lowest BCUT2D eigenvalue weighted by molar-refractivity contribution is 0.0929. The summed E-state index contributed by atoms with van der Waals surface area (Å²) >= 11 is 0. The standard InChI is InChI=1S/C18H21NO3/c1-13-12-15(22-2)8-9-16(13)18(21)19-17(10-11-20)14-6-4-3-5-7-14/h3-9,12,17,20H,10-11H2,1-2H3,(H,19,21). The average molecular weight is 299 g/mol. The summed E-state index contributed by atoms with van der Waals surface area (Å²) in [5.41, 5.74) is 2.45. The van der Waals surface area contributed by atoms with Crippen molar-refractivity contribution < 1.29 is 14.6 Å². The third-order valence-corrected chi connectivity index (χ3v) is 3.60. The molecule has 0 fully saturated rings. The van der Waals surface area contributed by atoms with E-state index in [1.54, 1.807) is 19.2 Å². The van der Waals surface area contributed by atoms with E-state index in [1.807, 2.05) is 43.3 Å². The van der Waals surface area contributed by atoms with Crippen LogP contribution in [0.15, 0.2) is 48.5 Å². The number of aliphatic hydroxyl groups excluding tert-OH is 1. The number of carbonyl (C=O) groups excluding carboxylic acids is 1. The van der Waals surface area contributed by atoms with Crippen LogP contribution in [0, 0.1) is 6.92 Å². The molecule has 4 heteroatoms. The summed E-state index contributed by atoms with van der Waals surface area (Å²) in [6.07, 6.45) is 0.477. The Bertz CT molecular complexity index is 625. The smallest absolute Gasteiger partial charge is 0.252 e. The number of hydrogen-bond donors (Lipinski definition) is 2. The summed E-state index contributed by atoms with van der Waals surface area (Å²) < 4.78 is 5.15. The van der Waals surface area contributed by atoms with E-state index in [4.69, 9.17) is 4.74 Å². The lowest BCUT2D eigenvalue weighted by Gasteiger charge is -2.19. The number of rotatable bonds is 6. The van der Waals surface area contributed by atoms with E-state index in [-0.39, 0.29) is 18.6 Å².